The fourth-order valence-electron chi connectivity index (χ4n) is 2.10. The summed E-state index contributed by atoms with van der Waals surface area (Å²) in [7, 11) is 0. The molecule has 0 atom stereocenters. The molecule has 2 amide bonds. The molecule has 0 spiro atoms. The molecule has 0 saturated carbocycles. The van der Waals surface area contributed by atoms with Crippen molar-refractivity contribution < 1.29 is 22.7 Å². The van der Waals surface area contributed by atoms with Gasteiger partial charge in [-0.1, -0.05) is 0 Å². The highest BCUT2D eigenvalue weighted by atomic mass is 19.4. The third kappa shape index (κ3) is 6.51. The summed E-state index contributed by atoms with van der Waals surface area (Å²) in [6.45, 7) is 1.31. The Hall–Kier alpha value is -3.28. The zero-order valence-electron chi connectivity index (χ0n) is 14.5. The molecular formula is C18H17F3N4O2. The molecule has 0 aliphatic heterocycles. The molecule has 2 rings (SSSR count). The van der Waals surface area contributed by atoms with Gasteiger partial charge in [-0.05, 0) is 43.3 Å². The van der Waals surface area contributed by atoms with Crippen LogP contribution in [0.2, 0.25) is 0 Å². The maximum atomic E-state index is 12.3. The van der Waals surface area contributed by atoms with E-state index in [1.54, 1.807) is 37.3 Å². The molecule has 1 aromatic carbocycles. The van der Waals surface area contributed by atoms with Crippen LogP contribution in [0.5, 0.6) is 11.5 Å². The molecule has 0 bridgehead atoms. The number of carbonyl (C=O) groups excluding carboxylic acids is 1. The smallest absolute Gasteiger partial charge is 0.390 e. The van der Waals surface area contributed by atoms with Crippen LogP contribution < -0.4 is 10.1 Å². The monoisotopic (exact) mass is 378 g/mol. The highest BCUT2D eigenvalue weighted by Gasteiger charge is 2.28. The molecule has 0 aliphatic carbocycles. The van der Waals surface area contributed by atoms with Crippen LogP contribution in [0, 0.1) is 11.3 Å². The quantitative estimate of drug-likeness (QED) is 0.800. The van der Waals surface area contributed by atoms with Crippen molar-refractivity contribution in [1.82, 2.24) is 9.88 Å². The number of ether oxygens (including phenoxy) is 1. The lowest BCUT2D eigenvalue weighted by atomic mass is 10.2. The maximum Gasteiger partial charge on any atom is 0.390 e. The molecule has 0 fully saturated rings. The minimum Gasteiger partial charge on any atom is -0.456 e. The molecule has 1 aromatic heterocycles. The van der Waals surface area contributed by atoms with E-state index in [1.807, 2.05) is 6.07 Å². The van der Waals surface area contributed by atoms with Gasteiger partial charge in [-0.3, -0.25) is 5.32 Å². The number of nitriles is 1. The topological polar surface area (TPSA) is 78.3 Å². The number of pyridine rings is 1. The number of amides is 2. The number of halogens is 3. The van der Waals surface area contributed by atoms with Crippen LogP contribution in [-0.4, -0.2) is 35.2 Å². The fraction of sp³-hybridized carbons (Fsp3) is 0.278. The number of carbonyl (C=O) groups is 1. The van der Waals surface area contributed by atoms with Gasteiger partial charge in [-0.2, -0.15) is 18.4 Å². The molecule has 1 heterocycles. The maximum absolute atomic E-state index is 12.3. The first-order valence-electron chi connectivity index (χ1n) is 8.07. The van der Waals surface area contributed by atoms with Gasteiger partial charge in [0.25, 0.3) is 0 Å². The summed E-state index contributed by atoms with van der Waals surface area (Å²) in [4.78, 5) is 17.1. The number of hydrogen-bond donors (Lipinski definition) is 1. The van der Waals surface area contributed by atoms with E-state index in [2.05, 4.69) is 10.3 Å². The van der Waals surface area contributed by atoms with Gasteiger partial charge in [0.15, 0.2) is 0 Å². The molecule has 1 N–H and O–H groups in total. The van der Waals surface area contributed by atoms with Gasteiger partial charge in [-0.15, -0.1) is 0 Å². The van der Waals surface area contributed by atoms with Crippen LogP contribution in [-0.2, 0) is 0 Å². The number of hydrogen-bond acceptors (Lipinski definition) is 4. The highest BCUT2D eigenvalue weighted by Crippen LogP contribution is 2.22. The van der Waals surface area contributed by atoms with E-state index in [0.29, 0.717) is 17.1 Å². The van der Waals surface area contributed by atoms with E-state index in [4.69, 9.17) is 10.00 Å². The predicted molar refractivity (Wildman–Crippen MR) is 92.4 cm³/mol. The summed E-state index contributed by atoms with van der Waals surface area (Å²) in [5, 5.41) is 11.2. The SMILES string of the molecule is CCN(CCC(F)(F)F)C(=O)Nc1ccc(Oc2ccc(C#N)cc2)cn1. The number of nitrogens with one attached hydrogen (secondary N) is 1. The van der Waals surface area contributed by atoms with Gasteiger partial charge in [0.2, 0.25) is 0 Å². The Morgan fingerprint density at radius 1 is 1.22 bits per heavy atom. The van der Waals surface area contributed by atoms with Crippen molar-refractivity contribution in [1.29, 1.82) is 5.26 Å². The van der Waals surface area contributed by atoms with E-state index in [-0.39, 0.29) is 12.4 Å². The van der Waals surface area contributed by atoms with E-state index in [1.165, 1.54) is 12.3 Å². The molecule has 0 unspecified atom stereocenters. The number of benzene rings is 1. The number of anilines is 1. The second-order valence-corrected chi connectivity index (χ2v) is 5.49. The standard InChI is InChI=1S/C18H17F3N4O2/c1-2-25(10-9-18(19,20)21)17(26)24-16-8-7-15(12-23-16)27-14-5-3-13(11-22)4-6-14/h3-8,12H,2,9-10H2,1H3,(H,23,24,26). The number of aromatic nitrogens is 1. The zero-order valence-corrected chi connectivity index (χ0v) is 14.5. The average molecular weight is 378 g/mol. The Kier molecular flexibility index (Phi) is 6.60. The largest absolute Gasteiger partial charge is 0.456 e. The van der Waals surface area contributed by atoms with Crippen LogP contribution in [0.4, 0.5) is 23.8 Å². The van der Waals surface area contributed by atoms with Gasteiger partial charge in [0.1, 0.15) is 17.3 Å². The highest BCUT2D eigenvalue weighted by molar-refractivity contribution is 5.88. The fourth-order valence-corrected chi connectivity index (χ4v) is 2.10. The molecule has 9 heteroatoms. The predicted octanol–water partition coefficient (Wildman–Crippen LogP) is 4.55. The summed E-state index contributed by atoms with van der Waals surface area (Å²) in [5.41, 5.74) is 0.504. The van der Waals surface area contributed by atoms with Crippen molar-refractivity contribution in [3.63, 3.8) is 0 Å². The number of rotatable bonds is 6. The lowest BCUT2D eigenvalue weighted by Crippen LogP contribution is -2.37. The van der Waals surface area contributed by atoms with Gasteiger partial charge in [0, 0.05) is 13.1 Å². The number of alkyl halides is 3. The average Bonchev–Trinajstić information content (AvgIpc) is 2.63. The molecule has 0 aliphatic rings. The summed E-state index contributed by atoms with van der Waals surface area (Å²) >= 11 is 0. The van der Waals surface area contributed by atoms with Crippen LogP contribution in [0.1, 0.15) is 18.9 Å². The van der Waals surface area contributed by atoms with Crippen molar-refractivity contribution >= 4 is 11.8 Å². The van der Waals surface area contributed by atoms with Crippen molar-refractivity contribution in [3.05, 3.63) is 48.2 Å². The van der Waals surface area contributed by atoms with Crippen molar-refractivity contribution in [3.8, 4) is 17.6 Å². The van der Waals surface area contributed by atoms with Crippen molar-refractivity contribution in [2.45, 2.75) is 19.5 Å². The summed E-state index contributed by atoms with van der Waals surface area (Å²) in [6.07, 6.45) is -4.02. The first-order valence-corrected chi connectivity index (χ1v) is 8.07. The third-order valence-electron chi connectivity index (χ3n) is 3.52. The molecule has 142 valence electrons. The van der Waals surface area contributed by atoms with Crippen LogP contribution >= 0.6 is 0 Å². The van der Waals surface area contributed by atoms with Gasteiger partial charge < -0.3 is 9.64 Å². The summed E-state index contributed by atoms with van der Waals surface area (Å²) in [6, 6.07) is 10.9. The molecule has 0 saturated heterocycles. The Morgan fingerprint density at radius 2 is 1.89 bits per heavy atom. The number of nitrogens with zero attached hydrogens (tertiary/aromatic N) is 3. The Morgan fingerprint density at radius 3 is 2.41 bits per heavy atom. The molecule has 6 nitrogen and oxygen atoms in total. The van der Waals surface area contributed by atoms with Gasteiger partial charge in [0.05, 0.1) is 24.3 Å². The normalized spacial score (nSPS) is 10.8. The molecule has 0 radical (unpaired) electrons. The minimum absolute atomic E-state index is 0.141. The van der Waals surface area contributed by atoms with Crippen LogP contribution in [0.15, 0.2) is 42.6 Å². The Balaban J connectivity index is 1.93. The molecule has 2 aromatic rings. The summed E-state index contributed by atoms with van der Waals surface area (Å²) in [5.74, 6) is 1.11. The second-order valence-electron chi connectivity index (χ2n) is 5.49. The van der Waals surface area contributed by atoms with Gasteiger partial charge >= 0.3 is 12.2 Å². The molecular weight excluding hydrogens is 361 g/mol. The lowest BCUT2D eigenvalue weighted by Gasteiger charge is -2.21. The second kappa shape index (κ2) is 8.89. The van der Waals surface area contributed by atoms with Crippen LogP contribution in [0.3, 0.4) is 0 Å². The Labute approximate surface area is 154 Å². The van der Waals surface area contributed by atoms with E-state index in [0.717, 1.165) is 4.90 Å². The third-order valence-corrected chi connectivity index (χ3v) is 3.52. The van der Waals surface area contributed by atoms with Crippen molar-refractivity contribution in [2.24, 2.45) is 0 Å². The Bertz CT molecular complexity index is 799. The summed E-state index contributed by atoms with van der Waals surface area (Å²) < 4.78 is 42.5. The lowest BCUT2D eigenvalue weighted by molar-refractivity contribution is -0.136. The van der Waals surface area contributed by atoms with E-state index in [9.17, 15) is 18.0 Å². The molecule has 27 heavy (non-hydrogen) atoms. The van der Waals surface area contributed by atoms with Crippen LogP contribution in [0.25, 0.3) is 0 Å². The van der Waals surface area contributed by atoms with Crippen molar-refractivity contribution in [2.75, 3.05) is 18.4 Å². The first-order chi connectivity index (χ1) is 12.8. The number of urea groups is 1. The van der Waals surface area contributed by atoms with E-state index >= 15 is 0 Å². The zero-order chi connectivity index (χ0) is 19.9. The van der Waals surface area contributed by atoms with E-state index < -0.39 is 25.2 Å². The first kappa shape index (κ1) is 20.0. The minimum atomic E-state index is -4.32. The van der Waals surface area contributed by atoms with Gasteiger partial charge in [-0.25, -0.2) is 9.78 Å².